The van der Waals surface area contributed by atoms with Gasteiger partial charge in [0.1, 0.15) is 5.75 Å². The minimum atomic E-state index is -0.273. The number of hydrogen-bond acceptors (Lipinski definition) is 5. The van der Waals surface area contributed by atoms with Gasteiger partial charge in [0.05, 0.1) is 17.7 Å². The van der Waals surface area contributed by atoms with Crippen molar-refractivity contribution in [2.75, 3.05) is 24.3 Å². The van der Waals surface area contributed by atoms with E-state index in [0.717, 1.165) is 0 Å². The molecule has 7 nitrogen and oxygen atoms in total. The van der Waals surface area contributed by atoms with Gasteiger partial charge in [0.2, 0.25) is 11.8 Å². The first kappa shape index (κ1) is 18.5. The Labute approximate surface area is 149 Å². The van der Waals surface area contributed by atoms with Crippen LogP contribution < -0.4 is 20.7 Å². The van der Waals surface area contributed by atoms with Crippen LogP contribution in [0.3, 0.4) is 0 Å². The SMILES string of the molecule is COc1ccc(NC(C)=O)cc1NC(=O)CCNC(=O)c1cccs1. The number of hydrogen-bond donors (Lipinski definition) is 3. The maximum absolute atomic E-state index is 12.1. The smallest absolute Gasteiger partial charge is 0.261 e. The van der Waals surface area contributed by atoms with E-state index in [0.29, 0.717) is 22.0 Å². The molecule has 1 aromatic carbocycles. The molecule has 1 heterocycles. The summed E-state index contributed by atoms with van der Waals surface area (Å²) in [4.78, 5) is 35.6. The van der Waals surface area contributed by atoms with Crippen molar-refractivity contribution >= 4 is 40.4 Å². The average molecular weight is 361 g/mol. The third-order valence-corrected chi connectivity index (χ3v) is 4.05. The van der Waals surface area contributed by atoms with Gasteiger partial charge in [-0.2, -0.15) is 0 Å². The first-order chi connectivity index (χ1) is 12.0. The zero-order chi connectivity index (χ0) is 18.2. The van der Waals surface area contributed by atoms with Crippen LogP contribution in [0.5, 0.6) is 5.75 Å². The predicted octanol–water partition coefficient (Wildman–Crippen LogP) is 2.47. The van der Waals surface area contributed by atoms with Gasteiger partial charge in [-0.1, -0.05) is 6.07 Å². The van der Waals surface area contributed by atoms with Crippen LogP contribution >= 0.6 is 11.3 Å². The van der Waals surface area contributed by atoms with Crippen LogP contribution in [0.2, 0.25) is 0 Å². The Balaban J connectivity index is 1.90. The van der Waals surface area contributed by atoms with E-state index in [1.807, 2.05) is 5.38 Å². The first-order valence-electron chi connectivity index (χ1n) is 7.57. The van der Waals surface area contributed by atoms with E-state index in [-0.39, 0.29) is 30.7 Å². The topological polar surface area (TPSA) is 96.5 Å². The second kappa shape index (κ2) is 8.84. The van der Waals surface area contributed by atoms with E-state index in [1.54, 1.807) is 30.3 Å². The van der Waals surface area contributed by atoms with Crippen LogP contribution in [-0.4, -0.2) is 31.4 Å². The Kier molecular flexibility index (Phi) is 6.53. The summed E-state index contributed by atoms with van der Waals surface area (Å²) in [5, 5.41) is 9.87. The minimum Gasteiger partial charge on any atom is -0.495 e. The van der Waals surface area contributed by atoms with Gasteiger partial charge in [-0.05, 0) is 29.6 Å². The van der Waals surface area contributed by atoms with Crippen molar-refractivity contribution in [1.82, 2.24) is 5.32 Å². The molecule has 0 fully saturated rings. The van der Waals surface area contributed by atoms with Gasteiger partial charge in [-0.3, -0.25) is 14.4 Å². The van der Waals surface area contributed by atoms with Crippen LogP contribution in [0.4, 0.5) is 11.4 Å². The number of anilines is 2. The number of carbonyl (C=O) groups excluding carboxylic acids is 3. The van der Waals surface area contributed by atoms with Crippen molar-refractivity contribution in [3.05, 3.63) is 40.6 Å². The molecule has 0 saturated heterocycles. The van der Waals surface area contributed by atoms with Gasteiger partial charge in [-0.15, -0.1) is 11.3 Å². The number of carbonyl (C=O) groups is 3. The number of amides is 3. The zero-order valence-electron chi connectivity index (χ0n) is 13.9. The van der Waals surface area contributed by atoms with Gasteiger partial charge in [0.25, 0.3) is 5.91 Å². The molecule has 0 spiro atoms. The number of methoxy groups -OCH3 is 1. The molecule has 1 aromatic heterocycles. The van der Waals surface area contributed by atoms with Crippen molar-refractivity contribution in [3.63, 3.8) is 0 Å². The molecule has 0 unspecified atom stereocenters. The van der Waals surface area contributed by atoms with Crippen LogP contribution in [0.15, 0.2) is 35.7 Å². The van der Waals surface area contributed by atoms with Crippen molar-refractivity contribution in [1.29, 1.82) is 0 Å². The highest BCUT2D eigenvalue weighted by Gasteiger charge is 2.11. The molecule has 0 saturated carbocycles. The van der Waals surface area contributed by atoms with E-state index < -0.39 is 0 Å². The molecule has 0 aliphatic rings. The Hall–Kier alpha value is -2.87. The summed E-state index contributed by atoms with van der Waals surface area (Å²) in [7, 11) is 1.49. The number of ether oxygens (including phenoxy) is 1. The van der Waals surface area contributed by atoms with E-state index in [9.17, 15) is 14.4 Å². The summed E-state index contributed by atoms with van der Waals surface area (Å²) in [6.45, 7) is 1.62. The molecule has 0 atom stereocenters. The van der Waals surface area contributed by atoms with E-state index in [4.69, 9.17) is 4.74 Å². The van der Waals surface area contributed by atoms with Crippen LogP contribution in [-0.2, 0) is 9.59 Å². The molecule has 25 heavy (non-hydrogen) atoms. The average Bonchev–Trinajstić information content (AvgIpc) is 3.09. The molecule has 0 bridgehead atoms. The maximum Gasteiger partial charge on any atom is 0.261 e. The summed E-state index contributed by atoms with van der Waals surface area (Å²) in [5.41, 5.74) is 0.998. The molecule has 3 N–H and O–H groups in total. The molecule has 8 heteroatoms. The summed E-state index contributed by atoms with van der Waals surface area (Å²) in [6.07, 6.45) is 0.116. The molecule has 0 aliphatic carbocycles. The highest BCUT2D eigenvalue weighted by molar-refractivity contribution is 7.12. The zero-order valence-corrected chi connectivity index (χ0v) is 14.7. The third-order valence-electron chi connectivity index (χ3n) is 3.18. The highest BCUT2D eigenvalue weighted by Crippen LogP contribution is 2.27. The molecule has 2 aromatic rings. The van der Waals surface area contributed by atoms with Gasteiger partial charge in [-0.25, -0.2) is 0 Å². The number of thiophene rings is 1. The Morgan fingerprint density at radius 1 is 1.16 bits per heavy atom. The van der Waals surface area contributed by atoms with Crippen LogP contribution in [0, 0.1) is 0 Å². The largest absolute Gasteiger partial charge is 0.495 e. The monoisotopic (exact) mass is 361 g/mol. The molecule has 132 valence electrons. The van der Waals surface area contributed by atoms with Gasteiger partial charge >= 0.3 is 0 Å². The highest BCUT2D eigenvalue weighted by atomic mass is 32.1. The van der Waals surface area contributed by atoms with Crippen LogP contribution in [0.25, 0.3) is 0 Å². The lowest BCUT2D eigenvalue weighted by molar-refractivity contribution is -0.116. The lowest BCUT2D eigenvalue weighted by atomic mass is 10.2. The first-order valence-corrected chi connectivity index (χ1v) is 8.44. The fourth-order valence-electron chi connectivity index (χ4n) is 2.08. The van der Waals surface area contributed by atoms with E-state index in [2.05, 4.69) is 16.0 Å². The van der Waals surface area contributed by atoms with Crippen LogP contribution in [0.1, 0.15) is 23.0 Å². The van der Waals surface area contributed by atoms with E-state index >= 15 is 0 Å². The van der Waals surface area contributed by atoms with Crippen molar-refractivity contribution in [3.8, 4) is 5.75 Å². The Morgan fingerprint density at radius 2 is 1.96 bits per heavy atom. The van der Waals surface area contributed by atoms with Crippen molar-refractivity contribution in [2.24, 2.45) is 0 Å². The molecular formula is C17H19N3O4S. The second-order valence-electron chi connectivity index (χ2n) is 5.13. The fraction of sp³-hybridized carbons (Fsp3) is 0.235. The Bertz CT molecular complexity index is 759. The summed E-state index contributed by atoms with van der Waals surface area (Å²) in [5.74, 6) is -0.207. The normalized spacial score (nSPS) is 10.0. The standard InChI is InChI=1S/C17H19N3O4S/c1-11(21)19-12-5-6-14(24-2)13(10-12)20-16(22)7-8-18-17(23)15-4-3-9-25-15/h3-6,9-10H,7-8H2,1-2H3,(H,18,23)(H,19,21)(H,20,22). The van der Waals surface area contributed by atoms with Crippen molar-refractivity contribution < 1.29 is 19.1 Å². The molecule has 0 radical (unpaired) electrons. The second-order valence-corrected chi connectivity index (χ2v) is 6.08. The molecule has 3 amide bonds. The third kappa shape index (κ3) is 5.61. The fourth-order valence-corrected chi connectivity index (χ4v) is 2.72. The maximum atomic E-state index is 12.1. The number of rotatable bonds is 7. The number of benzene rings is 1. The summed E-state index contributed by atoms with van der Waals surface area (Å²) in [6, 6.07) is 8.46. The van der Waals surface area contributed by atoms with Crippen molar-refractivity contribution in [2.45, 2.75) is 13.3 Å². The molecule has 2 rings (SSSR count). The number of nitrogens with one attached hydrogen (secondary N) is 3. The Morgan fingerprint density at radius 3 is 2.60 bits per heavy atom. The molecular weight excluding hydrogens is 342 g/mol. The van der Waals surface area contributed by atoms with Gasteiger partial charge in [0, 0.05) is 25.6 Å². The summed E-state index contributed by atoms with van der Waals surface area (Å²) < 4.78 is 5.20. The summed E-state index contributed by atoms with van der Waals surface area (Å²) >= 11 is 1.34. The predicted molar refractivity (Wildman–Crippen MR) is 97.2 cm³/mol. The minimum absolute atomic E-state index is 0.116. The lowest BCUT2D eigenvalue weighted by Gasteiger charge is -2.12. The lowest BCUT2D eigenvalue weighted by Crippen LogP contribution is -2.27. The van der Waals surface area contributed by atoms with Gasteiger partial charge in [0.15, 0.2) is 0 Å². The van der Waals surface area contributed by atoms with Gasteiger partial charge < -0.3 is 20.7 Å². The quantitative estimate of drug-likeness (QED) is 0.706. The molecule has 0 aliphatic heterocycles. The van der Waals surface area contributed by atoms with E-state index in [1.165, 1.54) is 25.4 Å².